The van der Waals surface area contributed by atoms with Gasteiger partial charge >= 0.3 is 0 Å². The highest BCUT2D eigenvalue weighted by Gasteiger charge is 2.17. The molecule has 0 radical (unpaired) electrons. The van der Waals surface area contributed by atoms with Crippen LogP contribution in [0.1, 0.15) is 0 Å². The van der Waals surface area contributed by atoms with Crippen molar-refractivity contribution >= 4 is 11.4 Å². The van der Waals surface area contributed by atoms with Gasteiger partial charge < -0.3 is 4.90 Å². The standard InChI is InChI=1S/C30H25N/c1-3-13-27(4-2)31(28-22-20-25(21-23-28)24-14-7-5-8-15-24)30-19-12-11-18-29(30)26-16-9-6-10-17-26/h3-23H,1-2H2/b27-13+. The summed E-state index contributed by atoms with van der Waals surface area (Å²) in [5.74, 6) is 0. The molecular formula is C30H25N. The summed E-state index contributed by atoms with van der Waals surface area (Å²) >= 11 is 0. The highest BCUT2D eigenvalue weighted by atomic mass is 15.1. The summed E-state index contributed by atoms with van der Waals surface area (Å²) in [5, 5.41) is 0. The van der Waals surface area contributed by atoms with E-state index in [-0.39, 0.29) is 0 Å². The third-order valence-electron chi connectivity index (χ3n) is 5.22. The van der Waals surface area contributed by atoms with Crippen molar-refractivity contribution in [3.63, 3.8) is 0 Å². The summed E-state index contributed by atoms with van der Waals surface area (Å²) in [4.78, 5) is 2.23. The Morgan fingerprint density at radius 3 is 1.74 bits per heavy atom. The molecule has 0 aliphatic heterocycles. The largest absolute Gasteiger partial charge is 0.310 e. The van der Waals surface area contributed by atoms with Crippen molar-refractivity contribution in [2.45, 2.75) is 0 Å². The molecule has 0 aromatic heterocycles. The van der Waals surface area contributed by atoms with E-state index in [4.69, 9.17) is 0 Å². The molecule has 0 unspecified atom stereocenters. The van der Waals surface area contributed by atoms with Crippen molar-refractivity contribution in [3.05, 3.63) is 146 Å². The van der Waals surface area contributed by atoms with Gasteiger partial charge in [0.1, 0.15) is 0 Å². The third kappa shape index (κ3) is 4.41. The maximum atomic E-state index is 4.06. The second-order valence-corrected chi connectivity index (χ2v) is 7.16. The van der Waals surface area contributed by atoms with Crippen LogP contribution in [0.25, 0.3) is 22.3 Å². The zero-order valence-electron chi connectivity index (χ0n) is 17.5. The maximum absolute atomic E-state index is 4.06. The second-order valence-electron chi connectivity index (χ2n) is 7.16. The fraction of sp³-hybridized carbons (Fsp3) is 0. The van der Waals surface area contributed by atoms with Gasteiger partial charge in [0.15, 0.2) is 0 Å². The fourth-order valence-electron chi connectivity index (χ4n) is 3.75. The van der Waals surface area contributed by atoms with Gasteiger partial charge in [0.2, 0.25) is 0 Å². The lowest BCUT2D eigenvalue weighted by Crippen LogP contribution is -2.16. The summed E-state index contributed by atoms with van der Waals surface area (Å²) in [6.45, 7) is 7.96. The Bertz CT molecular complexity index is 1190. The number of hydrogen-bond donors (Lipinski definition) is 0. The molecule has 0 aliphatic rings. The minimum atomic E-state index is 0.964. The number of benzene rings is 4. The molecule has 0 saturated heterocycles. The minimum absolute atomic E-state index is 0.964. The normalized spacial score (nSPS) is 11.0. The molecule has 150 valence electrons. The van der Waals surface area contributed by atoms with Crippen LogP contribution in [-0.2, 0) is 0 Å². The van der Waals surface area contributed by atoms with Crippen LogP contribution in [-0.4, -0.2) is 0 Å². The topological polar surface area (TPSA) is 3.24 Å². The Labute approximate surface area is 184 Å². The average Bonchev–Trinajstić information content (AvgIpc) is 2.85. The van der Waals surface area contributed by atoms with E-state index < -0.39 is 0 Å². The molecule has 0 fully saturated rings. The average molecular weight is 400 g/mol. The molecule has 31 heavy (non-hydrogen) atoms. The number of anilines is 2. The van der Waals surface area contributed by atoms with Crippen molar-refractivity contribution < 1.29 is 0 Å². The van der Waals surface area contributed by atoms with E-state index in [0.717, 1.165) is 22.6 Å². The molecule has 0 aliphatic carbocycles. The Kier molecular flexibility index (Phi) is 6.25. The van der Waals surface area contributed by atoms with Gasteiger partial charge in [-0.1, -0.05) is 110 Å². The van der Waals surface area contributed by atoms with Crippen LogP contribution in [0.2, 0.25) is 0 Å². The molecule has 0 saturated carbocycles. The molecule has 0 N–H and O–H groups in total. The van der Waals surface area contributed by atoms with E-state index in [0.29, 0.717) is 0 Å². The molecule has 4 aromatic rings. The molecule has 1 heteroatoms. The first kappa shape index (κ1) is 20.2. The highest BCUT2D eigenvalue weighted by Crippen LogP contribution is 2.38. The first-order valence-electron chi connectivity index (χ1n) is 10.4. The SMILES string of the molecule is C=C/C=C(\C=C)N(c1ccc(-c2ccccc2)cc1)c1ccccc1-c1ccccc1. The van der Waals surface area contributed by atoms with Gasteiger partial charge in [-0.05, 0) is 47.0 Å². The zero-order valence-corrected chi connectivity index (χ0v) is 17.5. The molecule has 4 aromatic carbocycles. The van der Waals surface area contributed by atoms with Crippen LogP contribution < -0.4 is 4.90 Å². The number of allylic oxidation sites excluding steroid dienone is 3. The van der Waals surface area contributed by atoms with Gasteiger partial charge in [-0.3, -0.25) is 0 Å². The smallest absolute Gasteiger partial charge is 0.0540 e. The lowest BCUT2D eigenvalue weighted by Gasteiger charge is -2.28. The number of nitrogens with zero attached hydrogens (tertiary/aromatic N) is 1. The molecule has 0 heterocycles. The fourth-order valence-corrected chi connectivity index (χ4v) is 3.75. The molecule has 0 amide bonds. The zero-order chi connectivity index (χ0) is 21.5. The van der Waals surface area contributed by atoms with Crippen molar-refractivity contribution in [2.75, 3.05) is 4.90 Å². The van der Waals surface area contributed by atoms with Gasteiger partial charge in [0.25, 0.3) is 0 Å². The van der Waals surface area contributed by atoms with Gasteiger partial charge in [0.05, 0.1) is 5.69 Å². The van der Waals surface area contributed by atoms with Crippen molar-refractivity contribution in [1.82, 2.24) is 0 Å². The molecule has 0 bridgehead atoms. The van der Waals surface area contributed by atoms with Gasteiger partial charge in [-0.15, -0.1) is 0 Å². The van der Waals surface area contributed by atoms with E-state index >= 15 is 0 Å². The number of rotatable bonds is 7. The predicted molar refractivity (Wildman–Crippen MR) is 134 cm³/mol. The van der Waals surface area contributed by atoms with Crippen LogP contribution in [0.5, 0.6) is 0 Å². The first-order valence-corrected chi connectivity index (χ1v) is 10.4. The van der Waals surface area contributed by atoms with E-state index in [1.165, 1.54) is 16.7 Å². The van der Waals surface area contributed by atoms with Gasteiger partial charge in [0, 0.05) is 16.9 Å². The number of para-hydroxylation sites is 1. The lowest BCUT2D eigenvalue weighted by molar-refractivity contribution is 1.21. The van der Waals surface area contributed by atoms with E-state index in [1.54, 1.807) is 6.08 Å². The van der Waals surface area contributed by atoms with Crippen LogP contribution in [0.4, 0.5) is 11.4 Å². The van der Waals surface area contributed by atoms with Crippen LogP contribution in [0.3, 0.4) is 0 Å². The Morgan fingerprint density at radius 1 is 0.581 bits per heavy atom. The molecule has 4 rings (SSSR count). The predicted octanol–water partition coefficient (Wildman–Crippen LogP) is 8.41. The lowest BCUT2D eigenvalue weighted by atomic mass is 10.0. The van der Waals surface area contributed by atoms with E-state index in [1.807, 2.05) is 24.3 Å². The Balaban J connectivity index is 1.85. The van der Waals surface area contributed by atoms with Crippen LogP contribution >= 0.6 is 0 Å². The molecule has 0 atom stereocenters. The summed E-state index contributed by atoms with van der Waals surface area (Å²) in [6.07, 6.45) is 5.65. The summed E-state index contributed by atoms with van der Waals surface area (Å²) in [7, 11) is 0. The quantitative estimate of drug-likeness (QED) is 0.282. The molecular weight excluding hydrogens is 374 g/mol. The first-order chi connectivity index (χ1) is 15.3. The highest BCUT2D eigenvalue weighted by molar-refractivity contribution is 5.85. The molecule has 0 spiro atoms. The van der Waals surface area contributed by atoms with E-state index in [9.17, 15) is 0 Å². The van der Waals surface area contributed by atoms with Crippen molar-refractivity contribution in [3.8, 4) is 22.3 Å². The number of hydrogen-bond acceptors (Lipinski definition) is 1. The second kappa shape index (κ2) is 9.60. The third-order valence-corrected chi connectivity index (χ3v) is 5.22. The Morgan fingerprint density at radius 2 is 1.13 bits per heavy atom. The maximum Gasteiger partial charge on any atom is 0.0540 e. The molecule has 1 nitrogen and oxygen atoms in total. The van der Waals surface area contributed by atoms with Gasteiger partial charge in [-0.2, -0.15) is 0 Å². The summed E-state index contributed by atoms with van der Waals surface area (Å²) in [6, 6.07) is 38.0. The summed E-state index contributed by atoms with van der Waals surface area (Å²) in [5.41, 5.74) is 7.85. The minimum Gasteiger partial charge on any atom is -0.310 e. The summed E-state index contributed by atoms with van der Waals surface area (Å²) < 4.78 is 0. The van der Waals surface area contributed by atoms with E-state index in [2.05, 4.69) is 115 Å². The Hall–Kier alpha value is -4.10. The van der Waals surface area contributed by atoms with Crippen LogP contribution in [0, 0.1) is 0 Å². The van der Waals surface area contributed by atoms with Crippen molar-refractivity contribution in [2.24, 2.45) is 0 Å². The van der Waals surface area contributed by atoms with Crippen LogP contribution in [0.15, 0.2) is 146 Å². The van der Waals surface area contributed by atoms with Crippen molar-refractivity contribution in [1.29, 1.82) is 0 Å². The van der Waals surface area contributed by atoms with Gasteiger partial charge in [-0.25, -0.2) is 0 Å². The monoisotopic (exact) mass is 399 g/mol.